The molecule has 0 bridgehead atoms. The Morgan fingerprint density at radius 1 is 1.16 bits per heavy atom. The van der Waals surface area contributed by atoms with E-state index in [-0.39, 0.29) is 0 Å². The summed E-state index contributed by atoms with van der Waals surface area (Å²) in [6, 6.07) is 13.4. The van der Waals surface area contributed by atoms with Crippen molar-refractivity contribution in [3.63, 3.8) is 0 Å². The number of benzene rings is 2. The molecule has 0 amide bonds. The molecule has 0 aliphatic carbocycles. The number of hydrogen-bond acceptors (Lipinski definition) is 2. The smallest absolute Gasteiger partial charge is 0.146 e. The zero-order valence-electron chi connectivity index (χ0n) is 10.4. The third-order valence-corrected chi connectivity index (χ3v) is 3.09. The first-order chi connectivity index (χ1) is 9.20. The first-order valence-electron chi connectivity index (χ1n) is 5.77. The first kappa shape index (κ1) is 13.9. The van der Waals surface area contributed by atoms with Crippen LogP contribution >= 0.6 is 23.2 Å². The fourth-order valence-corrected chi connectivity index (χ4v) is 2.31. The van der Waals surface area contributed by atoms with Gasteiger partial charge < -0.3 is 4.74 Å². The molecule has 0 saturated carbocycles. The molecule has 2 aromatic carbocycles. The molecule has 0 spiro atoms. The van der Waals surface area contributed by atoms with E-state index < -0.39 is 0 Å². The van der Waals surface area contributed by atoms with Crippen molar-refractivity contribution in [2.45, 2.75) is 6.54 Å². The van der Waals surface area contributed by atoms with Gasteiger partial charge in [-0.05, 0) is 17.7 Å². The zero-order chi connectivity index (χ0) is 13.7. The fourth-order valence-electron chi connectivity index (χ4n) is 1.72. The minimum absolute atomic E-state index is 0.483. The minimum atomic E-state index is 0.483. The number of nitrogens with zero attached hydrogens (tertiary/aromatic N) is 1. The molecule has 0 atom stereocenters. The largest absolute Gasteiger partial charge is 0.495 e. The van der Waals surface area contributed by atoms with E-state index in [1.54, 1.807) is 25.5 Å². The molecule has 2 rings (SSSR count). The van der Waals surface area contributed by atoms with Gasteiger partial charge in [-0.3, -0.25) is 4.99 Å². The Balaban J connectivity index is 2.19. The second-order valence-corrected chi connectivity index (χ2v) is 4.81. The van der Waals surface area contributed by atoms with Crippen LogP contribution in [0.4, 0.5) is 0 Å². The van der Waals surface area contributed by atoms with E-state index in [1.165, 1.54) is 0 Å². The summed E-state index contributed by atoms with van der Waals surface area (Å²) in [7, 11) is 1.57. The van der Waals surface area contributed by atoms with Crippen LogP contribution in [-0.2, 0) is 6.54 Å². The fraction of sp³-hybridized carbons (Fsp3) is 0.133. The van der Waals surface area contributed by atoms with E-state index in [2.05, 4.69) is 4.99 Å². The van der Waals surface area contributed by atoms with Gasteiger partial charge in [0.05, 0.1) is 18.7 Å². The lowest BCUT2D eigenvalue weighted by molar-refractivity contribution is 0.414. The monoisotopic (exact) mass is 293 g/mol. The van der Waals surface area contributed by atoms with Gasteiger partial charge in [0.2, 0.25) is 0 Å². The van der Waals surface area contributed by atoms with E-state index in [1.807, 2.05) is 30.3 Å². The lowest BCUT2D eigenvalue weighted by Gasteiger charge is -2.07. The molecular formula is C15H13Cl2NO. The van der Waals surface area contributed by atoms with E-state index >= 15 is 0 Å². The van der Waals surface area contributed by atoms with Crippen molar-refractivity contribution in [3.05, 3.63) is 63.6 Å². The summed E-state index contributed by atoms with van der Waals surface area (Å²) < 4.78 is 5.25. The zero-order valence-corrected chi connectivity index (χ0v) is 11.9. The predicted octanol–water partition coefficient (Wildman–Crippen LogP) is 4.62. The van der Waals surface area contributed by atoms with Crippen molar-refractivity contribution in [3.8, 4) is 5.75 Å². The Morgan fingerprint density at radius 3 is 2.58 bits per heavy atom. The first-order valence-corrected chi connectivity index (χ1v) is 6.53. The highest BCUT2D eigenvalue weighted by Gasteiger charge is 2.07. The Kier molecular flexibility index (Phi) is 4.83. The Morgan fingerprint density at radius 2 is 1.89 bits per heavy atom. The van der Waals surface area contributed by atoms with E-state index in [4.69, 9.17) is 27.9 Å². The maximum atomic E-state index is 6.06. The summed E-state index contributed by atoms with van der Waals surface area (Å²) in [5.74, 6) is 0.586. The van der Waals surface area contributed by atoms with Crippen LogP contribution in [0.1, 0.15) is 11.1 Å². The van der Waals surface area contributed by atoms with Crippen LogP contribution in [0.25, 0.3) is 0 Å². The summed E-state index contributed by atoms with van der Waals surface area (Å²) in [6.07, 6.45) is 1.73. The lowest BCUT2D eigenvalue weighted by atomic mass is 10.2. The maximum Gasteiger partial charge on any atom is 0.146 e. The molecular weight excluding hydrogens is 281 g/mol. The SMILES string of the molecule is COc1c(Cl)cc(Cl)cc1C=NCc1ccccc1. The molecule has 0 heterocycles. The standard InChI is InChI=1S/C15H13Cl2NO/c1-19-15-12(7-13(16)8-14(15)17)10-18-9-11-5-3-2-4-6-11/h2-8,10H,9H2,1H3. The molecule has 0 aliphatic rings. The summed E-state index contributed by atoms with van der Waals surface area (Å²) >= 11 is 12.0. The molecule has 98 valence electrons. The van der Waals surface area contributed by atoms with Crippen LogP contribution in [-0.4, -0.2) is 13.3 Å². The highest BCUT2D eigenvalue weighted by molar-refractivity contribution is 6.36. The van der Waals surface area contributed by atoms with Gasteiger partial charge in [0.25, 0.3) is 0 Å². The normalized spacial score (nSPS) is 10.9. The molecule has 0 fully saturated rings. The van der Waals surface area contributed by atoms with Gasteiger partial charge in [-0.25, -0.2) is 0 Å². The summed E-state index contributed by atoms with van der Waals surface area (Å²) in [6.45, 7) is 0.605. The van der Waals surface area contributed by atoms with Crippen LogP contribution in [0.15, 0.2) is 47.5 Å². The van der Waals surface area contributed by atoms with E-state index in [0.29, 0.717) is 22.3 Å². The Labute approximate surface area is 122 Å². The van der Waals surface area contributed by atoms with Crippen molar-refractivity contribution in [2.24, 2.45) is 4.99 Å². The molecule has 0 N–H and O–H groups in total. The van der Waals surface area contributed by atoms with Crippen molar-refractivity contribution < 1.29 is 4.74 Å². The van der Waals surface area contributed by atoms with Crippen LogP contribution in [0.2, 0.25) is 10.0 Å². The second kappa shape index (κ2) is 6.60. The van der Waals surface area contributed by atoms with Crippen molar-refractivity contribution in [1.29, 1.82) is 0 Å². The van der Waals surface area contributed by atoms with Crippen molar-refractivity contribution >= 4 is 29.4 Å². The minimum Gasteiger partial charge on any atom is -0.495 e. The third-order valence-electron chi connectivity index (χ3n) is 2.59. The molecule has 4 heteroatoms. The van der Waals surface area contributed by atoms with Crippen LogP contribution < -0.4 is 4.74 Å². The van der Waals surface area contributed by atoms with Crippen molar-refractivity contribution in [2.75, 3.05) is 7.11 Å². The van der Waals surface area contributed by atoms with Crippen LogP contribution in [0.5, 0.6) is 5.75 Å². The highest BCUT2D eigenvalue weighted by atomic mass is 35.5. The topological polar surface area (TPSA) is 21.6 Å². The number of aliphatic imine (C=N–C) groups is 1. The average molecular weight is 294 g/mol. The quantitative estimate of drug-likeness (QED) is 0.754. The highest BCUT2D eigenvalue weighted by Crippen LogP contribution is 2.31. The van der Waals surface area contributed by atoms with Crippen LogP contribution in [0.3, 0.4) is 0 Å². The number of hydrogen-bond donors (Lipinski definition) is 0. The summed E-state index contributed by atoms with van der Waals surface area (Å²) in [4.78, 5) is 4.38. The molecule has 2 aromatic rings. The Hall–Kier alpha value is -1.51. The lowest BCUT2D eigenvalue weighted by Crippen LogP contribution is -1.93. The van der Waals surface area contributed by atoms with Crippen molar-refractivity contribution in [1.82, 2.24) is 0 Å². The predicted molar refractivity (Wildman–Crippen MR) is 80.8 cm³/mol. The van der Waals surface area contributed by atoms with Crippen LogP contribution in [0, 0.1) is 0 Å². The van der Waals surface area contributed by atoms with Gasteiger partial charge in [0.1, 0.15) is 5.75 Å². The molecule has 2 nitrogen and oxygen atoms in total. The molecule has 0 unspecified atom stereocenters. The summed E-state index contributed by atoms with van der Waals surface area (Å²) in [5.41, 5.74) is 1.92. The van der Waals surface area contributed by atoms with E-state index in [9.17, 15) is 0 Å². The van der Waals surface area contributed by atoms with Gasteiger partial charge in [0.15, 0.2) is 0 Å². The maximum absolute atomic E-state index is 6.06. The van der Waals surface area contributed by atoms with Gasteiger partial charge in [0, 0.05) is 16.8 Å². The molecule has 0 radical (unpaired) electrons. The molecule has 0 saturated heterocycles. The second-order valence-electron chi connectivity index (χ2n) is 3.97. The summed E-state index contributed by atoms with van der Waals surface area (Å²) in [5, 5.41) is 1.04. The number of methoxy groups -OCH3 is 1. The number of halogens is 2. The molecule has 0 aromatic heterocycles. The molecule has 19 heavy (non-hydrogen) atoms. The number of ether oxygens (including phenoxy) is 1. The third kappa shape index (κ3) is 3.72. The molecule has 0 aliphatic heterocycles. The van der Waals surface area contributed by atoms with Gasteiger partial charge in [-0.2, -0.15) is 0 Å². The van der Waals surface area contributed by atoms with Gasteiger partial charge in [-0.1, -0.05) is 53.5 Å². The number of rotatable bonds is 4. The Bertz CT molecular complexity index is 582. The van der Waals surface area contributed by atoms with E-state index in [0.717, 1.165) is 11.1 Å². The van der Waals surface area contributed by atoms with Gasteiger partial charge >= 0.3 is 0 Å². The average Bonchev–Trinajstić information content (AvgIpc) is 2.39. The van der Waals surface area contributed by atoms with Gasteiger partial charge in [-0.15, -0.1) is 0 Å².